The van der Waals surface area contributed by atoms with Crippen LogP contribution in [0.3, 0.4) is 0 Å². The lowest BCUT2D eigenvalue weighted by Gasteiger charge is -2.19. The van der Waals surface area contributed by atoms with Crippen molar-refractivity contribution in [3.05, 3.63) is 75.7 Å². The summed E-state index contributed by atoms with van der Waals surface area (Å²) in [5, 5.41) is 0.428. The monoisotopic (exact) mass is 471 g/mol. The van der Waals surface area contributed by atoms with Gasteiger partial charge in [-0.05, 0) is 73.0 Å². The van der Waals surface area contributed by atoms with Crippen LogP contribution in [0.15, 0.2) is 54.0 Å². The van der Waals surface area contributed by atoms with Crippen LogP contribution in [0.4, 0.5) is 4.79 Å². The van der Waals surface area contributed by atoms with Gasteiger partial charge in [0.1, 0.15) is 6.61 Å². The molecule has 1 aliphatic heterocycles. The summed E-state index contributed by atoms with van der Waals surface area (Å²) in [6, 6.07) is 11.0. The van der Waals surface area contributed by atoms with E-state index in [0.717, 1.165) is 28.5 Å². The topological polar surface area (TPSA) is 55.8 Å². The molecule has 5 nitrogen and oxygen atoms in total. The number of hydrogen-bond acceptors (Lipinski definition) is 5. The summed E-state index contributed by atoms with van der Waals surface area (Å²) in [5.41, 5.74) is 2.61. The zero-order valence-electron chi connectivity index (χ0n) is 18.4. The van der Waals surface area contributed by atoms with Crippen molar-refractivity contribution in [2.24, 2.45) is 0 Å². The first-order valence-electron chi connectivity index (χ1n) is 10.3. The summed E-state index contributed by atoms with van der Waals surface area (Å²) < 4.78 is 11.7. The number of nitrogens with zero attached hydrogens (tertiary/aromatic N) is 1. The molecule has 0 bridgehead atoms. The molecule has 2 amide bonds. The van der Waals surface area contributed by atoms with Crippen LogP contribution >= 0.6 is 23.4 Å². The molecule has 1 atom stereocenters. The zero-order chi connectivity index (χ0) is 23.3. The lowest BCUT2D eigenvalue weighted by atomic mass is 10.0. The van der Waals surface area contributed by atoms with Gasteiger partial charge in [-0.25, -0.2) is 0 Å². The van der Waals surface area contributed by atoms with Gasteiger partial charge in [0.25, 0.3) is 11.1 Å². The molecule has 1 heterocycles. The maximum Gasteiger partial charge on any atom is 0.293 e. The van der Waals surface area contributed by atoms with Crippen LogP contribution in [0.5, 0.6) is 11.5 Å². The van der Waals surface area contributed by atoms with Gasteiger partial charge in [-0.3, -0.25) is 14.5 Å². The molecule has 1 saturated heterocycles. The predicted octanol–water partition coefficient (Wildman–Crippen LogP) is 6.49. The normalized spacial score (nSPS) is 15.9. The van der Waals surface area contributed by atoms with Crippen molar-refractivity contribution in [1.82, 2.24) is 4.90 Å². The fourth-order valence-electron chi connectivity index (χ4n) is 3.32. The number of imide groups is 1. The second-order valence-corrected chi connectivity index (χ2v) is 8.86. The van der Waals surface area contributed by atoms with Gasteiger partial charge in [0, 0.05) is 16.6 Å². The van der Waals surface area contributed by atoms with E-state index in [0.29, 0.717) is 40.9 Å². The first-order chi connectivity index (χ1) is 15.4. The first kappa shape index (κ1) is 24.0. The van der Waals surface area contributed by atoms with Crippen molar-refractivity contribution < 1.29 is 19.1 Å². The number of carbonyl (C=O) groups excluding carboxylic acids is 2. The van der Waals surface area contributed by atoms with Crippen LogP contribution < -0.4 is 9.47 Å². The van der Waals surface area contributed by atoms with Crippen LogP contribution in [-0.2, 0) is 17.8 Å². The molecule has 0 N–H and O–H groups in total. The third-order valence-corrected chi connectivity index (χ3v) is 6.32. The summed E-state index contributed by atoms with van der Waals surface area (Å²) in [7, 11) is 1.57. The SMILES string of the molecule is C=CCc1cc(/C=C2/SC(=O)N([C@@H](C)CC)C2=O)cc(OC)c1OCc1ccc(Cl)cc1. The number of carbonyl (C=O) groups is 2. The van der Waals surface area contributed by atoms with Crippen molar-refractivity contribution >= 4 is 40.6 Å². The molecule has 0 saturated carbocycles. The Kier molecular flexibility index (Phi) is 8.04. The lowest BCUT2D eigenvalue weighted by Crippen LogP contribution is -2.36. The van der Waals surface area contributed by atoms with Gasteiger partial charge in [0.15, 0.2) is 11.5 Å². The Labute approximate surface area is 198 Å². The van der Waals surface area contributed by atoms with Gasteiger partial charge in [-0.1, -0.05) is 36.7 Å². The average molecular weight is 472 g/mol. The third-order valence-electron chi connectivity index (χ3n) is 5.19. The highest BCUT2D eigenvalue weighted by Crippen LogP contribution is 2.38. The molecule has 0 unspecified atom stereocenters. The quantitative estimate of drug-likeness (QED) is 0.309. The predicted molar refractivity (Wildman–Crippen MR) is 130 cm³/mol. The van der Waals surface area contributed by atoms with Gasteiger partial charge in [-0.15, -0.1) is 6.58 Å². The highest BCUT2D eigenvalue weighted by atomic mass is 35.5. The number of benzene rings is 2. The van der Waals surface area contributed by atoms with Gasteiger partial charge in [-0.2, -0.15) is 0 Å². The Balaban J connectivity index is 1.91. The van der Waals surface area contributed by atoms with Crippen LogP contribution in [0, 0.1) is 0 Å². The molecule has 2 aromatic carbocycles. The van der Waals surface area contributed by atoms with Crippen LogP contribution in [0.2, 0.25) is 5.02 Å². The molecule has 168 valence electrons. The summed E-state index contributed by atoms with van der Waals surface area (Å²) in [5.74, 6) is 0.902. The van der Waals surface area contributed by atoms with Gasteiger partial charge < -0.3 is 9.47 Å². The minimum absolute atomic E-state index is 0.136. The van der Waals surface area contributed by atoms with Gasteiger partial charge in [0.05, 0.1) is 12.0 Å². The molecule has 32 heavy (non-hydrogen) atoms. The Morgan fingerprint density at radius 3 is 2.56 bits per heavy atom. The first-order valence-corrected chi connectivity index (χ1v) is 11.5. The lowest BCUT2D eigenvalue weighted by molar-refractivity contribution is -0.124. The number of hydrogen-bond donors (Lipinski definition) is 0. The van der Waals surface area contributed by atoms with Gasteiger partial charge in [0.2, 0.25) is 0 Å². The summed E-state index contributed by atoms with van der Waals surface area (Å²) >= 11 is 6.92. The second-order valence-electron chi connectivity index (χ2n) is 7.43. The Bertz CT molecular complexity index is 1050. The number of ether oxygens (including phenoxy) is 2. The number of allylic oxidation sites excluding steroid dienone is 1. The molecular formula is C25H26ClNO4S. The number of amides is 2. The van der Waals surface area contributed by atoms with E-state index in [1.165, 1.54) is 4.90 Å². The number of thioether (sulfide) groups is 1. The maximum atomic E-state index is 12.8. The highest BCUT2D eigenvalue weighted by Gasteiger charge is 2.37. The average Bonchev–Trinajstić information content (AvgIpc) is 3.06. The van der Waals surface area contributed by atoms with Crippen molar-refractivity contribution in [2.45, 2.75) is 39.3 Å². The maximum absolute atomic E-state index is 12.8. The van der Waals surface area contributed by atoms with Gasteiger partial charge >= 0.3 is 0 Å². The third kappa shape index (κ3) is 5.37. The minimum atomic E-state index is -0.262. The molecular weight excluding hydrogens is 446 g/mol. The van der Waals surface area contributed by atoms with Crippen LogP contribution in [0.1, 0.15) is 37.0 Å². The standard InChI is InChI=1S/C25H26ClNO4S/c1-5-7-19-12-18(14-22-24(28)27(16(3)6-2)25(29)32-22)13-21(30-4)23(19)31-15-17-8-10-20(26)11-9-17/h5,8-14,16H,1,6-7,15H2,2-4H3/b22-14+/t16-/m0/s1. The largest absolute Gasteiger partial charge is 0.493 e. The highest BCUT2D eigenvalue weighted by molar-refractivity contribution is 8.18. The summed E-state index contributed by atoms with van der Waals surface area (Å²) in [4.78, 5) is 26.8. The summed E-state index contributed by atoms with van der Waals surface area (Å²) in [6.07, 6.45) is 4.78. The number of halogens is 1. The van der Waals surface area contributed by atoms with E-state index in [4.69, 9.17) is 21.1 Å². The van der Waals surface area contributed by atoms with E-state index in [2.05, 4.69) is 6.58 Å². The zero-order valence-corrected chi connectivity index (χ0v) is 20.0. The van der Waals surface area contributed by atoms with Crippen molar-refractivity contribution in [1.29, 1.82) is 0 Å². The van der Waals surface area contributed by atoms with E-state index < -0.39 is 0 Å². The van der Waals surface area contributed by atoms with Crippen molar-refractivity contribution in [2.75, 3.05) is 7.11 Å². The molecule has 2 aromatic rings. The van der Waals surface area contributed by atoms with E-state index in [-0.39, 0.29) is 17.2 Å². The Morgan fingerprint density at radius 2 is 1.94 bits per heavy atom. The Morgan fingerprint density at radius 1 is 1.22 bits per heavy atom. The van der Waals surface area contributed by atoms with Crippen molar-refractivity contribution in [3.8, 4) is 11.5 Å². The minimum Gasteiger partial charge on any atom is -0.493 e. The second kappa shape index (κ2) is 10.7. The fourth-order valence-corrected chi connectivity index (χ4v) is 4.38. The molecule has 0 radical (unpaired) electrons. The van der Waals surface area contributed by atoms with Crippen LogP contribution in [-0.4, -0.2) is 29.2 Å². The van der Waals surface area contributed by atoms with E-state index in [1.54, 1.807) is 25.3 Å². The molecule has 3 rings (SSSR count). The fraction of sp³-hybridized carbons (Fsp3) is 0.280. The molecule has 0 aromatic heterocycles. The molecule has 7 heteroatoms. The number of rotatable bonds is 9. The molecule has 0 spiro atoms. The van der Waals surface area contributed by atoms with Crippen LogP contribution in [0.25, 0.3) is 6.08 Å². The molecule has 1 fully saturated rings. The summed E-state index contributed by atoms with van der Waals surface area (Å²) in [6.45, 7) is 8.01. The number of methoxy groups -OCH3 is 1. The molecule has 0 aliphatic carbocycles. The van der Waals surface area contributed by atoms with E-state index >= 15 is 0 Å². The van der Waals surface area contributed by atoms with E-state index in [9.17, 15) is 9.59 Å². The molecule has 1 aliphatic rings. The Hall–Kier alpha value is -2.70. The smallest absolute Gasteiger partial charge is 0.293 e. The van der Waals surface area contributed by atoms with E-state index in [1.807, 2.05) is 44.2 Å². The van der Waals surface area contributed by atoms with Crippen molar-refractivity contribution in [3.63, 3.8) is 0 Å².